The van der Waals surface area contributed by atoms with Gasteiger partial charge < -0.3 is 25.3 Å². The molecule has 0 aliphatic rings. The molecule has 4 rings (SSSR count). The van der Waals surface area contributed by atoms with Gasteiger partial charge in [-0.2, -0.15) is 0 Å². The van der Waals surface area contributed by atoms with Crippen LogP contribution in [0.3, 0.4) is 0 Å². The summed E-state index contributed by atoms with van der Waals surface area (Å²) in [5.41, 5.74) is 3.71. The van der Waals surface area contributed by atoms with Crippen molar-refractivity contribution >= 4 is 21.8 Å². The second-order valence-electron chi connectivity index (χ2n) is 6.30. The van der Waals surface area contributed by atoms with Gasteiger partial charge in [0.1, 0.15) is 6.10 Å². The molecule has 0 amide bonds. The molecule has 2 heterocycles. The summed E-state index contributed by atoms with van der Waals surface area (Å²) in [6.07, 6.45) is 1.37. The lowest BCUT2D eigenvalue weighted by atomic mass is 9.84. The lowest BCUT2D eigenvalue weighted by Crippen LogP contribution is -2.35. The molecule has 5 heteroatoms. The summed E-state index contributed by atoms with van der Waals surface area (Å²) in [5.74, 6) is -0.477. The number of benzene rings is 2. The minimum Gasteiger partial charge on any atom is -0.394 e. The van der Waals surface area contributed by atoms with E-state index in [0.29, 0.717) is 0 Å². The number of rotatable bonds is 5. The van der Waals surface area contributed by atoms with Crippen molar-refractivity contribution in [2.75, 3.05) is 6.61 Å². The van der Waals surface area contributed by atoms with Crippen molar-refractivity contribution in [3.63, 3.8) is 0 Å². The number of aromatic nitrogens is 2. The number of fused-ring (bicyclic) bond motifs is 2. The summed E-state index contributed by atoms with van der Waals surface area (Å²) in [5, 5.41) is 32.2. The first kappa shape index (κ1) is 15.9. The molecule has 0 saturated heterocycles. The van der Waals surface area contributed by atoms with Gasteiger partial charge in [-0.05, 0) is 23.3 Å². The molecule has 0 radical (unpaired) electrons. The molecule has 5 N–H and O–H groups in total. The van der Waals surface area contributed by atoms with E-state index in [4.69, 9.17) is 0 Å². The maximum Gasteiger partial charge on any atom is 0.104 e. The van der Waals surface area contributed by atoms with Crippen LogP contribution in [0, 0.1) is 0 Å². The number of nitrogens with one attached hydrogen (secondary N) is 2. The van der Waals surface area contributed by atoms with Crippen LogP contribution in [0.5, 0.6) is 0 Å². The second kappa shape index (κ2) is 6.37. The number of hydrogen-bond acceptors (Lipinski definition) is 3. The van der Waals surface area contributed by atoms with E-state index in [0.717, 1.165) is 32.9 Å². The molecule has 0 aliphatic heterocycles. The van der Waals surface area contributed by atoms with Gasteiger partial charge in [0.15, 0.2) is 0 Å². The number of aromatic amines is 2. The number of aliphatic hydroxyl groups is 3. The van der Waals surface area contributed by atoms with Gasteiger partial charge in [-0.1, -0.05) is 36.4 Å². The Morgan fingerprint density at radius 3 is 1.72 bits per heavy atom. The first-order valence-electron chi connectivity index (χ1n) is 8.29. The standard InChI is InChI=1S/C20H20N2O3/c23-11-18(24)20(25)19(14-9-21-16-7-3-1-5-12(14)16)15-10-22-17-8-4-2-6-13(15)17/h1-10,18-25H,11H2/t18-,20+/m1/s1. The van der Waals surface area contributed by atoms with Crippen LogP contribution >= 0.6 is 0 Å². The zero-order valence-electron chi connectivity index (χ0n) is 13.6. The van der Waals surface area contributed by atoms with E-state index in [1.807, 2.05) is 60.9 Å². The summed E-state index contributed by atoms with van der Waals surface area (Å²) in [6, 6.07) is 15.7. The third kappa shape index (κ3) is 2.62. The lowest BCUT2D eigenvalue weighted by Gasteiger charge is -2.26. The van der Waals surface area contributed by atoms with Crippen LogP contribution in [0.2, 0.25) is 0 Å². The Bertz CT molecular complexity index is 930. The molecule has 0 unspecified atom stereocenters. The van der Waals surface area contributed by atoms with E-state index in [-0.39, 0.29) is 0 Å². The Hall–Kier alpha value is -2.60. The van der Waals surface area contributed by atoms with E-state index in [1.165, 1.54) is 0 Å². The highest BCUT2D eigenvalue weighted by atomic mass is 16.4. The summed E-state index contributed by atoms with van der Waals surface area (Å²) in [6.45, 7) is -0.498. The van der Waals surface area contributed by atoms with Gasteiger partial charge in [-0.25, -0.2) is 0 Å². The monoisotopic (exact) mass is 336 g/mol. The molecule has 5 nitrogen and oxygen atoms in total. The molecule has 0 saturated carbocycles. The molecule has 4 aromatic rings. The summed E-state index contributed by atoms with van der Waals surface area (Å²) in [7, 11) is 0. The van der Waals surface area contributed by atoms with Crippen molar-refractivity contribution in [3.8, 4) is 0 Å². The molecule has 25 heavy (non-hydrogen) atoms. The third-order valence-corrected chi connectivity index (χ3v) is 4.84. The Morgan fingerprint density at radius 1 is 0.760 bits per heavy atom. The smallest absolute Gasteiger partial charge is 0.104 e. The molecule has 128 valence electrons. The number of aliphatic hydroxyl groups excluding tert-OH is 3. The molecular formula is C20H20N2O3. The van der Waals surface area contributed by atoms with Gasteiger partial charge in [-0.15, -0.1) is 0 Å². The van der Waals surface area contributed by atoms with Crippen molar-refractivity contribution in [1.29, 1.82) is 0 Å². The fourth-order valence-corrected chi connectivity index (χ4v) is 3.57. The molecule has 2 atom stereocenters. The molecule has 0 spiro atoms. The number of para-hydroxylation sites is 2. The summed E-state index contributed by atoms with van der Waals surface area (Å²) in [4.78, 5) is 6.45. The Labute approximate surface area is 144 Å². The number of hydrogen-bond donors (Lipinski definition) is 5. The Balaban J connectivity index is 1.93. The second-order valence-corrected chi connectivity index (χ2v) is 6.30. The molecular weight excluding hydrogens is 316 g/mol. The quantitative estimate of drug-likeness (QED) is 0.388. The van der Waals surface area contributed by atoms with Gasteiger partial charge in [0.05, 0.1) is 12.7 Å². The maximum absolute atomic E-state index is 10.8. The zero-order chi connectivity index (χ0) is 17.4. The highest BCUT2D eigenvalue weighted by Gasteiger charge is 2.32. The van der Waals surface area contributed by atoms with Crippen LogP contribution in [0.15, 0.2) is 60.9 Å². The van der Waals surface area contributed by atoms with Crippen molar-refractivity contribution < 1.29 is 15.3 Å². The van der Waals surface area contributed by atoms with Crippen LogP contribution in [-0.4, -0.2) is 44.1 Å². The van der Waals surface area contributed by atoms with Crippen molar-refractivity contribution in [2.45, 2.75) is 18.1 Å². The average Bonchev–Trinajstić information content (AvgIpc) is 3.27. The number of H-pyrrole nitrogens is 2. The fraction of sp³-hybridized carbons (Fsp3) is 0.200. The first-order valence-corrected chi connectivity index (χ1v) is 8.29. The highest BCUT2D eigenvalue weighted by molar-refractivity contribution is 5.88. The fourth-order valence-electron chi connectivity index (χ4n) is 3.57. The van der Waals surface area contributed by atoms with E-state index in [2.05, 4.69) is 9.97 Å². The molecule has 2 aromatic heterocycles. The first-order chi connectivity index (χ1) is 12.2. The largest absolute Gasteiger partial charge is 0.394 e. The van der Waals surface area contributed by atoms with Crippen molar-refractivity contribution in [3.05, 3.63) is 72.1 Å². The van der Waals surface area contributed by atoms with Crippen LogP contribution in [0.4, 0.5) is 0 Å². The van der Waals surface area contributed by atoms with E-state index in [9.17, 15) is 15.3 Å². The summed E-state index contributed by atoms with van der Waals surface area (Å²) < 4.78 is 0. The summed E-state index contributed by atoms with van der Waals surface area (Å²) >= 11 is 0. The Morgan fingerprint density at radius 2 is 1.24 bits per heavy atom. The van der Waals surface area contributed by atoms with E-state index < -0.39 is 24.7 Å². The van der Waals surface area contributed by atoms with Crippen molar-refractivity contribution in [2.24, 2.45) is 0 Å². The van der Waals surface area contributed by atoms with Gasteiger partial charge in [0, 0.05) is 40.1 Å². The van der Waals surface area contributed by atoms with E-state index in [1.54, 1.807) is 0 Å². The van der Waals surface area contributed by atoms with Crippen molar-refractivity contribution in [1.82, 2.24) is 9.97 Å². The van der Waals surface area contributed by atoms with E-state index >= 15 is 0 Å². The normalized spacial score (nSPS) is 14.4. The minimum absolute atomic E-state index is 0.477. The van der Waals surface area contributed by atoms with Gasteiger partial charge in [0.2, 0.25) is 0 Å². The minimum atomic E-state index is -1.23. The Kier molecular flexibility index (Phi) is 4.05. The maximum atomic E-state index is 10.8. The zero-order valence-corrected chi connectivity index (χ0v) is 13.6. The van der Waals surface area contributed by atoms with Crippen LogP contribution in [-0.2, 0) is 0 Å². The van der Waals surface area contributed by atoms with Gasteiger partial charge in [-0.3, -0.25) is 0 Å². The molecule has 0 bridgehead atoms. The third-order valence-electron chi connectivity index (χ3n) is 4.84. The highest BCUT2D eigenvalue weighted by Crippen LogP contribution is 2.37. The topological polar surface area (TPSA) is 92.3 Å². The predicted molar refractivity (Wildman–Crippen MR) is 97.5 cm³/mol. The van der Waals surface area contributed by atoms with Gasteiger partial charge >= 0.3 is 0 Å². The molecule has 0 fully saturated rings. The average molecular weight is 336 g/mol. The molecule has 2 aromatic carbocycles. The van der Waals surface area contributed by atoms with Crippen LogP contribution in [0.1, 0.15) is 17.0 Å². The predicted octanol–water partition coefficient (Wildman–Crippen LogP) is 2.50. The van der Waals surface area contributed by atoms with Crippen LogP contribution in [0.25, 0.3) is 21.8 Å². The van der Waals surface area contributed by atoms with Crippen LogP contribution < -0.4 is 0 Å². The lowest BCUT2D eigenvalue weighted by molar-refractivity contribution is -0.0209. The van der Waals surface area contributed by atoms with Gasteiger partial charge in [0.25, 0.3) is 0 Å². The molecule has 0 aliphatic carbocycles. The SMILES string of the molecule is OC[C@@H](O)[C@H](O)C(c1c[nH]c2ccccc12)c1c[nH]c2ccccc12.